The van der Waals surface area contributed by atoms with Crippen molar-refractivity contribution < 1.29 is 41.1 Å². The van der Waals surface area contributed by atoms with E-state index in [-0.39, 0.29) is 49.2 Å². The molecule has 2 aromatic heterocycles. The quantitative estimate of drug-likeness (QED) is 0.162. The van der Waals surface area contributed by atoms with Gasteiger partial charge in [0.15, 0.2) is 0 Å². The number of aromatic nitrogens is 2. The fourth-order valence-corrected chi connectivity index (χ4v) is 10.4. The zero-order chi connectivity index (χ0) is 42.6. The first-order valence-corrected chi connectivity index (χ1v) is 21.6. The van der Waals surface area contributed by atoms with Crippen LogP contribution in [0, 0.1) is 0 Å². The maximum Gasteiger partial charge on any atom is 0.268 e. The molecule has 0 unspecified atom stereocenters. The molecule has 6 aromatic carbocycles. The Hall–Kier alpha value is -7.74. The Kier molecular flexibility index (Phi) is 9.42. The van der Waals surface area contributed by atoms with Gasteiger partial charge in [-0.05, 0) is 59.0 Å². The van der Waals surface area contributed by atoms with Crippen LogP contribution in [0.15, 0.2) is 180 Å². The third-order valence-electron chi connectivity index (χ3n) is 10.5. The molecule has 0 atom stereocenters. The number of carbonyl (C=O) groups is 4. The van der Waals surface area contributed by atoms with Crippen LogP contribution < -0.4 is 0 Å². The first-order valence-electron chi connectivity index (χ1n) is 18.7. The number of rotatable bonds is 6. The summed E-state index contributed by atoms with van der Waals surface area (Å²) in [5.74, 6) is -3.44. The number of hydrogen-bond acceptors (Lipinski definition) is 9. The van der Waals surface area contributed by atoms with Gasteiger partial charge in [-0.25, -0.2) is 24.8 Å². The topological polar surface area (TPSA) is 167 Å². The van der Waals surface area contributed by atoms with Gasteiger partial charge in [-0.15, -0.1) is 0 Å². The molecular weight excluding hydrogens is 813 g/mol. The second-order valence-electron chi connectivity index (χ2n) is 14.1. The van der Waals surface area contributed by atoms with Gasteiger partial charge in [-0.3, -0.25) is 19.2 Å². The summed E-state index contributed by atoms with van der Waals surface area (Å²) < 4.78 is 55.9. The van der Waals surface area contributed by atoms with Crippen molar-refractivity contribution >= 4 is 60.0 Å². The number of phenolic OH excluding ortho intramolecular Hbond substituents is 1. The minimum Gasteiger partial charge on any atom is -0.507 e. The van der Waals surface area contributed by atoms with Crippen LogP contribution in [0.4, 0.5) is 0 Å². The SMILES string of the molecule is O=C1C(=O)c2c(-c3ccccc3)cn(S(=O)(=O)c3ccccc3)c2-c2cc3ccccc3c(O)c21.O=C1C=Cc2c(c(-c3ccccc3)cn2S(=O)(=O)c2ccccc2)C1=O. The average Bonchev–Trinajstić information content (AvgIpc) is 3.90. The van der Waals surface area contributed by atoms with Gasteiger partial charge in [0.2, 0.25) is 23.1 Å². The number of carbonyl (C=O) groups excluding carboxylic acids is 4. The smallest absolute Gasteiger partial charge is 0.268 e. The van der Waals surface area contributed by atoms with Crippen LogP contribution in [0.25, 0.3) is 50.4 Å². The molecule has 2 aliphatic carbocycles. The second kappa shape index (κ2) is 14.8. The molecule has 2 aliphatic rings. The standard InChI is InChI=1S/C28H17NO5S.C20H13NO4S/c30-26-20-14-8-7-11-18(20)15-21-24(26)28(32)27(31)23-22(17-9-3-1-4-10-17)16-29(25(21)23)35(33,34)19-12-5-2-6-13-19;22-18-12-11-17-19(20(18)23)16(14-7-3-1-4-8-14)13-21(17)26(24,25)15-9-5-2-6-10-15/h1-16,30H;1-13H. The number of aromatic hydroxyl groups is 1. The molecule has 0 fully saturated rings. The predicted octanol–water partition coefficient (Wildman–Crippen LogP) is 8.47. The van der Waals surface area contributed by atoms with Crippen LogP contribution in [0.1, 0.15) is 36.8 Å². The molecular formula is C48H30N2O9S2. The second-order valence-corrected chi connectivity index (χ2v) is 17.7. The van der Waals surface area contributed by atoms with E-state index in [0.717, 1.165) is 14.0 Å². The molecule has 0 aliphatic heterocycles. The Morgan fingerprint density at radius 2 is 0.902 bits per heavy atom. The van der Waals surface area contributed by atoms with Crippen molar-refractivity contribution in [2.75, 3.05) is 0 Å². The molecule has 298 valence electrons. The van der Waals surface area contributed by atoms with Gasteiger partial charge in [0.1, 0.15) is 5.75 Å². The zero-order valence-electron chi connectivity index (χ0n) is 31.7. The lowest BCUT2D eigenvalue weighted by molar-refractivity contribution is -0.110. The Labute approximate surface area is 349 Å². The van der Waals surface area contributed by atoms with Crippen LogP contribution in [0.5, 0.6) is 5.75 Å². The van der Waals surface area contributed by atoms with Gasteiger partial charge in [0.05, 0.1) is 37.9 Å². The van der Waals surface area contributed by atoms with Crippen LogP contribution in [0.2, 0.25) is 0 Å². The maximum atomic E-state index is 13.8. The van der Waals surface area contributed by atoms with Crippen LogP contribution >= 0.6 is 0 Å². The highest BCUT2D eigenvalue weighted by Gasteiger charge is 2.41. The summed E-state index contributed by atoms with van der Waals surface area (Å²) in [6, 6.07) is 42.2. The van der Waals surface area contributed by atoms with Crippen molar-refractivity contribution in [2.45, 2.75) is 9.79 Å². The summed E-state index contributed by atoms with van der Waals surface area (Å²) in [5, 5.41) is 12.0. The van der Waals surface area contributed by atoms with Crippen LogP contribution in [-0.2, 0) is 24.8 Å². The molecule has 8 aromatic rings. The normalized spacial score (nSPS) is 13.3. The lowest BCUT2D eigenvalue weighted by atomic mass is 9.83. The predicted molar refractivity (Wildman–Crippen MR) is 229 cm³/mol. The zero-order valence-corrected chi connectivity index (χ0v) is 33.3. The fraction of sp³-hybridized carbons (Fsp3) is 0. The summed E-state index contributed by atoms with van der Waals surface area (Å²) >= 11 is 0. The molecule has 61 heavy (non-hydrogen) atoms. The highest BCUT2D eigenvalue weighted by atomic mass is 32.2. The monoisotopic (exact) mass is 842 g/mol. The van der Waals surface area contributed by atoms with Crippen molar-refractivity contribution in [1.82, 2.24) is 7.94 Å². The summed E-state index contributed by atoms with van der Waals surface area (Å²) in [7, 11) is -8.05. The number of allylic oxidation sites excluding steroid dienone is 1. The highest BCUT2D eigenvalue weighted by Crippen LogP contribution is 2.47. The summed E-state index contributed by atoms with van der Waals surface area (Å²) in [6.07, 6.45) is 5.28. The number of fused-ring (bicyclic) bond motifs is 5. The Morgan fingerprint density at radius 3 is 1.48 bits per heavy atom. The van der Waals surface area contributed by atoms with E-state index in [2.05, 4.69) is 0 Å². The molecule has 11 nitrogen and oxygen atoms in total. The third-order valence-corrected chi connectivity index (χ3v) is 13.9. The Bertz CT molecular complexity index is 3390. The first-order chi connectivity index (χ1) is 29.4. The number of nitrogens with zero attached hydrogens (tertiary/aromatic N) is 2. The number of Topliss-reactive ketones (excluding diaryl/α,β-unsaturated/α-hetero) is 3. The Morgan fingerprint density at radius 1 is 0.443 bits per heavy atom. The minimum absolute atomic E-state index is 0.00267. The largest absolute Gasteiger partial charge is 0.507 e. The summed E-state index contributed by atoms with van der Waals surface area (Å²) in [4.78, 5) is 51.3. The highest BCUT2D eigenvalue weighted by molar-refractivity contribution is 7.90. The van der Waals surface area contributed by atoms with E-state index >= 15 is 0 Å². The molecule has 1 N–H and O–H groups in total. The maximum absolute atomic E-state index is 13.8. The fourth-order valence-electron chi connectivity index (χ4n) is 7.66. The number of ketones is 4. The van der Waals surface area contributed by atoms with Crippen molar-refractivity contribution in [3.8, 4) is 39.3 Å². The van der Waals surface area contributed by atoms with E-state index < -0.39 is 43.2 Å². The average molecular weight is 843 g/mol. The van der Waals surface area contributed by atoms with E-state index in [9.17, 15) is 41.1 Å². The molecule has 0 bridgehead atoms. The first kappa shape index (κ1) is 38.8. The molecule has 0 saturated heterocycles. The summed E-state index contributed by atoms with van der Waals surface area (Å²) in [6.45, 7) is 0. The lowest BCUT2D eigenvalue weighted by Crippen LogP contribution is -2.24. The van der Waals surface area contributed by atoms with Gasteiger partial charge >= 0.3 is 0 Å². The lowest BCUT2D eigenvalue weighted by Gasteiger charge is -2.21. The minimum atomic E-state index is -4.15. The van der Waals surface area contributed by atoms with Gasteiger partial charge in [-0.2, -0.15) is 0 Å². The van der Waals surface area contributed by atoms with Crippen molar-refractivity contribution in [1.29, 1.82) is 0 Å². The molecule has 10 rings (SSSR count). The number of benzene rings is 6. The Balaban J connectivity index is 0.000000163. The third kappa shape index (κ3) is 6.34. The molecule has 0 saturated carbocycles. The molecule has 0 spiro atoms. The number of hydrogen-bond donors (Lipinski definition) is 1. The molecule has 0 amide bonds. The van der Waals surface area contributed by atoms with Crippen molar-refractivity contribution in [2.24, 2.45) is 0 Å². The molecule has 13 heteroatoms. The van der Waals surface area contributed by atoms with E-state index in [1.54, 1.807) is 121 Å². The number of phenols is 1. The van der Waals surface area contributed by atoms with Gasteiger partial charge < -0.3 is 5.11 Å². The van der Waals surface area contributed by atoms with E-state index in [1.165, 1.54) is 42.7 Å². The van der Waals surface area contributed by atoms with Crippen LogP contribution in [0.3, 0.4) is 0 Å². The van der Waals surface area contributed by atoms with Crippen molar-refractivity contribution in [3.63, 3.8) is 0 Å². The van der Waals surface area contributed by atoms with Gasteiger partial charge in [0, 0.05) is 34.5 Å². The van der Waals surface area contributed by atoms with Crippen LogP contribution in [-0.4, -0.2) is 53.0 Å². The molecule has 2 heterocycles. The molecule has 0 radical (unpaired) electrons. The van der Waals surface area contributed by atoms with Gasteiger partial charge in [0.25, 0.3) is 20.0 Å². The van der Waals surface area contributed by atoms with E-state index in [4.69, 9.17) is 0 Å². The van der Waals surface area contributed by atoms with E-state index in [1.807, 2.05) is 6.07 Å². The summed E-state index contributed by atoms with van der Waals surface area (Å²) in [5.41, 5.74) is 2.39. The van der Waals surface area contributed by atoms with Crippen molar-refractivity contribution in [3.05, 3.63) is 193 Å². The van der Waals surface area contributed by atoms with E-state index in [0.29, 0.717) is 33.0 Å². The van der Waals surface area contributed by atoms with Gasteiger partial charge in [-0.1, -0.05) is 121 Å².